The quantitative estimate of drug-likeness (QED) is 0.607. The number of rotatable bonds is 8. The third-order valence-electron chi connectivity index (χ3n) is 9.72. The summed E-state index contributed by atoms with van der Waals surface area (Å²) in [5.74, 6) is 3.20. The molecule has 190 valence electrons. The standard InChI is InChI=1S/C27H45N5O2/c1-19-23-15-21(27(23,2)3)16-24(19)30-25(33)22-17-29-32(14-13-31-11-9-28-10-12-31)26(22)34-18-20-7-5-4-6-8-20/h17,19-21,23-24,28H,4-16,18H2,1-3H3,(H,30,33)/t19-,21-,23+,24+/m0/s1. The van der Waals surface area contributed by atoms with Gasteiger partial charge >= 0.3 is 0 Å². The van der Waals surface area contributed by atoms with Gasteiger partial charge in [-0.25, -0.2) is 4.68 Å². The molecule has 0 aromatic carbocycles. The van der Waals surface area contributed by atoms with E-state index in [4.69, 9.17) is 4.74 Å². The van der Waals surface area contributed by atoms with Crippen molar-refractivity contribution in [1.29, 1.82) is 0 Å². The lowest BCUT2D eigenvalue weighted by molar-refractivity contribution is -0.113. The van der Waals surface area contributed by atoms with Gasteiger partial charge in [0.1, 0.15) is 5.56 Å². The van der Waals surface area contributed by atoms with Crippen LogP contribution in [0.5, 0.6) is 5.88 Å². The predicted molar refractivity (Wildman–Crippen MR) is 134 cm³/mol. The number of fused-ring (bicyclic) bond motifs is 2. The van der Waals surface area contributed by atoms with E-state index >= 15 is 0 Å². The summed E-state index contributed by atoms with van der Waals surface area (Å²) in [6.45, 7) is 13.7. The Labute approximate surface area is 205 Å². The second-order valence-electron chi connectivity index (χ2n) is 12.0. The lowest BCUT2D eigenvalue weighted by Gasteiger charge is -2.62. The molecule has 34 heavy (non-hydrogen) atoms. The molecule has 2 bridgehead atoms. The largest absolute Gasteiger partial charge is 0.477 e. The first-order valence-corrected chi connectivity index (χ1v) is 13.9. The number of ether oxygens (including phenoxy) is 1. The van der Waals surface area contributed by atoms with Crippen molar-refractivity contribution >= 4 is 5.91 Å². The van der Waals surface area contributed by atoms with Crippen molar-refractivity contribution in [2.75, 3.05) is 39.3 Å². The lowest BCUT2D eigenvalue weighted by atomic mass is 9.45. The Morgan fingerprint density at radius 2 is 1.94 bits per heavy atom. The molecule has 5 aliphatic rings. The zero-order valence-corrected chi connectivity index (χ0v) is 21.5. The van der Waals surface area contributed by atoms with Crippen LogP contribution in [0.3, 0.4) is 0 Å². The molecule has 4 saturated carbocycles. The smallest absolute Gasteiger partial charge is 0.258 e. The topological polar surface area (TPSA) is 71.4 Å². The van der Waals surface area contributed by atoms with Crippen molar-refractivity contribution in [1.82, 2.24) is 25.3 Å². The Balaban J connectivity index is 1.26. The van der Waals surface area contributed by atoms with E-state index in [0.29, 0.717) is 41.2 Å². The maximum atomic E-state index is 13.5. The summed E-state index contributed by atoms with van der Waals surface area (Å²) in [5.41, 5.74) is 1.03. The molecule has 2 heterocycles. The van der Waals surface area contributed by atoms with Gasteiger partial charge in [0.15, 0.2) is 0 Å². The Bertz CT molecular complexity index is 840. The number of hydrogen-bond acceptors (Lipinski definition) is 5. The fourth-order valence-corrected chi connectivity index (χ4v) is 7.15. The van der Waals surface area contributed by atoms with Gasteiger partial charge in [0.05, 0.1) is 19.3 Å². The maximum absolute atomic E-state index is 13.5. The molecule has 0 radical (unpaired) electrons. The Morgan fingerprint density at radius 3 is 2.65 bits per heavy atom. The van der Waals surface area contributed by atoms with Crippen molar-refractivity contribution in [2.24, 2.45) is 29.1 Å². The van der Waals surface area contributed by atoms with Crippen LogP contribution in [0.4, 0.5) is 0 Å². The van der Waals surface area contributed by atoms with E-state index in [0.717, 1.165) is 51.6 Å². The van der Waals surface area contributed by atoms with Gasteiger partial charge in [0.25, 0.3) is 5.91 Å². The van der Waals surface area contributed by atoms with Gasteiger partial charge in [-0.15, -0.1) is 0 Å². The van der Waals surface area contributed by atoms with Gasteiger partial charge in [0, 0.05) is 38.8 Å². The third-order valence-corrected chi connectivity index (χ3v) is 9.72. The van der Waals surface area contributed by atoms with E-state index in [-0.39, 0.29) is 11.9 Å². The minimum atomic E-state index is -0.0111. The van der Waals surface area contributed by atoms with E-state index in [1.165, 1.54) is 38.5 Å². The average Bonchev–Trinajstić information content (AvgIpc) is 3.26. The molecular weight excluding hydrogens is 426 g/mol. The molecule has 1 saturated heterocycles. The second kappa shape index (κ2) is 10.2. The molecule has 4 aliphatic carbocycles. The summed E-state index contributed by atoms with van der Waals surface area (Å²) in [6.07, 6.45) is 10.5. The summed E-state index contributed by atoms with van der Waals surface area (Å²) in [5, 5.41) is 11.4. The summed E-state index contributed by atoms with van der Waals surface area (Å²) in [7, 11) is 0. The van der Waals surface area contributed by atoms with Crippen LogP contribution in [-0.4, -0.2) is 66.0 Å². The van der Waals surface area contributed by atoms with Gasteiger partial charge in [-0.05, 0) is 54.8 Å². The van der Waals surface area contributed by atoms with E-state index in [1.54, 1.807) is 6.20 Å². The fraction of sp³-hybridized carbons (Fsp3) is 0.852. The monoisotopic (exact) mass is 471 g/mol. The van der Waals surface area contributed by atoms with Crippen molar-refractivity contribution in [2.45, 2.75) is 78.3 Å². The molecular formula is C27H45N5O2. The number of nitrogens with one attached hydrogen (secondary N) is 2. The molecule has 5 fully saturated rings. The van der Waals surface area contributed by atoms with Crippen LogP contribution < -0.4 is 15.4 Å². The summed E-state index contributed by atoms with van der Waals surface area (Å²) in [4.78, 5) is 15.9. The van der Waals surface area contributed by atoms with Gasteiger partial charge in [0.2, 0.25) is 5.88 Å². The highest BCUT2D eigenvalue weighted by Crippen LogP contribution is 2.61. The van der Waals surface area contributed by atoms with E-state index in [2.05, 4.69) is 41.4 Å². The minimum Gasteiger partial charge on any atom is -0.477 e. The summed E-state index contributed by atoms with van der Waals surface area (Å²) < 4.78 is 8.33. The molecule has 7 nitrogen and oxygen atoms in total. The highest BCUT2D eigenvalue weighted by molar-refractivity contribution is 5.96. The van der Waals surface area contributed by atoms with Crippen LogP contribution >= 0.6 is 0 Å². The highest BCUT2D eigenvalue weighted by Gasteiger charge is 2.56. The molecule has 6 rings (SSSR count). The van der Waals surface area contributed by atoms with Crippen LogP contribution in [0.1, 0.15) is 76.1 Å². The Hall–Kier alpha value is -1.60. The fourth-order valence-electron chi connectivity index (χ4n) is 7.15. The molecule has 1 aliphatic heterocycles. The van der Waals surface area contributed by atoms with Crippen LogP contribution in [0, 0.1) is 29.1 Å². The van der Waals surface area contributed by atoms with E-state index < -0.39 is 0 Å². The SMILES string of the molecule is C[C@H]1[C@H]2C[C@@H](C[C@H]1NC(=O)c1cnn(CCN3CCNCC3)c1OCC1CCCCC1)C2(C)C. The molecule has 0 unspecified atom stereocenters. The minimum absolute atomic E-state index is 0.0111. The summed E-state index contributed by atoms with van der Waals surface area (Å²) in [6, 6.07) is 0.250. The first-order valence-electron chi connectivity index (χ1n) is 13.9. The number of nitrogens with zero attached hydrogens (tertiary/aromatic N) is 3. The number of hydrogen-bond donors (Lipinski definition) is 2. The van der Waals surface area contributed by atoms with Crippen LogP contribution in [0.25, 0.3) is 0 Å². The second-order valence-corrected chi connectivity index (χ2v) is 12.0. The van der Waals surface area contributed by atoms with Crippen molar-refractivity contribution in [3.63, 3.8) is 0 Å². The molecule has 1 aromatic heterocycles. The van der Waals surface area contributed by atoms with Gasteiger partial charge in [-0.1, -0.05) is 40.0 Å². The molecule has 2 N–H and O–H groups in total. The number of carbonyl (C=O) groups excluding carboxylic acids is 1. The van der Waals surface area contributed by atoms with Gasteiger partial charge < -0.3 is 15.4 Å². The van der Waals surface area contributed by atoms with Crippen molar-refractivity contribution in [3.8, 4) is 5.88 Å². The summed E-state index contributed by atoms with van der Waals surface area (Å²) >= 11 is 0. The molecule has 4 atom stereocenters. The Morgan fingerprint density at radius 1 is 1.18 bits per heavy atom. The third kappa shape index (κ3) is 4.88. The molecule has 0 spiro atoms. The molecule has 1 aromatic rings. The molecule has 1 amide bonds. The van der Waals surface area contributed by atoms with Crippen LogP contribution in [0.15, 0.2) is 6.20 Å². The average molecular weight is 472 g/mol. The maximum Gasteiger partial charge on any atom is 0.258 e. The predicted octanol–water partition coefficient (Wildman–Crippen LogP) is 3.55. The normalized spacial score (nSPS) is 31.6. The van der Waals surface area contributed by atoms with Crippen molar-refractivity contribution in [3.05, 3.63) is 11.8 Å². The zero-order chi connectivity index (χ0) is 23.7. The van der Waals surface area contributed by atoms with Crippen molar-refractivity contribution < 1.29 is 9.53 Å². The first kappa shape index (κ1) is 24.1. The van der Waals surface area contributed by atoms with Gasteiger partial charge in [-0.3, -0.25) is 9.69 Å². The Kier molecular flexibility index (Phi) is 7.22. The lowest BCUT2D eigenvalue weighted by Crippen LogP contribution is -2.60. The number of aromatic nitrogens is 2. The van der Waals surface area contributed by atoms with E-state index in [1.807, 2.05) is 4.68 Å². The zero-order valence-electron chi connectivity index (χ0n) is 21.5. The number of piperazine rings is 1. The van der Waals surface area contributed by atoms with E-state index in [9.17, 15) is 4.79 Å². The number of amides is 1. The van der Waals surface area contributed by atoms with Crippen LogP contribution in [0.2, 0.25) is 0 Å². The van der Waals surface area contributed by atoms with Crippen LogP contribution in [-0.2, 0) is 6.54 Å². The number of carbonyl (C=O) groups is 1. The van der Waals surface area contributed by atoms with Gasteiger partial charge in [-0.2, -0.15) is 5.10 Å². The molecule has 7 heteroatoms. The highest BCUT2D eigenvalue weighted by atomic mass is 16.5. The first-order chi connectivity index (χ1) is 16.4.